The molecule has 0 fully saturated rings. The standard InChI is InChI=1S/C22H28N2O/c1-6-13-14(7-2)20(24)16(9-4)22-19(13)12(5)17-10-11-18(23)15(8-3)21(17)25-22/h10-11H,5-9,23-24H2,1-4H3. The third-order valence-electron chi connectivity index (χ3n) is 5.36. The third-order valence-corrected chi connectivity index (χ3v) is 5.36. The van der Waals surface area contributed by atoms with Gasteiger partial charge in [0.2, 0.25) is 0 Å². The lowest BCUT2D eigenvalue weighted by molar-refractivity contribution is 0.462. The first-order chi connectivity index (χ1) is 12.0. The Morgan fingerprint density at radius 2 is 1.40 bits per heavy atom. The molecule has 0 radical (unpaired) electrons. The van der Waals surface area contributed by atoms with Crippen molar-refractivity contribution >= 4 is 16.9 Å². The Kier molecular flexibility index (Phi) is 4.51. The van der Waals surface area contributed by atoms with Gasteiger partial charge >= 0.3 is 0 Å². The van der Waals surface area contributed by atoms with E-state index in [1.54, 1.807) is 0 Å². The highest BCUT2D eigenvalue weighted by Gasteiger charge is 2.30. The molecule has 0 unspecified atom stereocenters. The smallest absolute Gasteiger partial charge is 0.140 e. The van der Waals surface area contributed by atoms with Gasteiger partial charge in [0.05, 0.1) is 0 Å². The van der Waals surface area contributed by atoms with Crippen LogP contribution >= 0.6 is 0 Å². The highest BCUT2D eigenvalue weighted by molar-refractivity contribution is 5.92. The van der Waals surface area contributed by atoms with E-state index >= 15 is 0 Å². The number of nitrogen functional groups attached to an aromatic ring is 2. The molecule has 25 heavy (non-hydrogen) atoms. The molecule has 1 aliphatic heterocycles. The van der Waals surface area contributed by atoms with Gasteiger partial charge in [-0.15, -0.1) is 0 Å². The number of rotatable bonds is 4. The number of benzene rings is 2. The molecule has 0 bridgehead atoms. The minimum Gasteiger partial charge on any atom is -0.455 e. The van der Waals surface area contributed by atoms with Crippen molar-refractivity contribution in [2.24, 2.45) is 0 Å². The van der Waals surface area contributed by atoms with Crippen molar-refractivity contribution in [1.82, 2.24) is 0 Å². The SMILES string of the molecule is C=C1c2ccc(N)c(CC)c2Oc2c(CC)c(N)c(CC)c(CC)c21. The van der Waals surface area contributed by atoms with Crippen molar-refractivity contribution in [2.45, 2.75) is 53.4 Å². The summed E-state index contributed by atoms with van der Waals surface area (Å²) < 4.78 is 6.47. The van der Waals surface area contributed by atoms with Crippen molar-refractivity contribution in [1.29, 1.82) is 0 Å². The summed E-state index contributed by atoms with van der Waals surface area (Å²) in [4.78, 5) is 0. The number of anilines is 2. The van der Waals surface area contributed by atoms with E-state index in [1.807, 2.05) is 12.1 Å². The maximum atomic E-state index is 6.54. The summed E-state index contributed by atoms with van der Waals surface area (Å²) in [6.07, 6.45) is 3.48. The molecule has 0 atom stereocenters. The zero-order valence-electron chi connectivity index (χ0n) is 15.8. The number of fused-ring (bicyclic) bond motifs is 2. The van der Waals surface area contributed by atoms with Crippen molar-refractivity contribution in [3.63, 3.8) is 0 Å². The van der Waals surface area contributed by atoms with Gasteiger partial charge in [-0.05, 0) is 54.5 Å². The Morgan fingerprint density at radius 3 is 1.96 bits per heavy atom. The summed E-state index contributed by atoms with van der Waals surface area (Å²) >= 11 is 0. The lowest BCUT2D eigenvalue weighted by Gasteiger charge is -2.31. The van der Waals surface area contributed by atoms with Crippen LogP contribution in [-0.2, 0) is 25.7 Å². The summed E-state index contributed by atoms with van der Waals surface area (Å²) in [6, 6.07) is 3.99. The minimum atomic E-state index is 0.768. The van der Waals surface area contributed by atoms with Crippen molar-refractivity contribution in [3.8, 4) is 11.5 Å². The van der Waals surface area contributed by atoms with Crippen LogP contribution in [0.5, 0.6) is 11.5 Å². The fourth-order valence-corrected chi connectivity index (χ4v) is 4.08. The molecule has 3 rings (SSSR count). The molecular formula is C22H28N2O. The van der Waals surface area contributed by atoms with Crippen LogP contribution in [0.2, 0.25) is 0 Å². The molecule has 4 N–H and O–H groups in total. The van der Waals surface area contributed by atoms with E-state index in [-0.39, 0.29) is 0 Å². The van der Waals surface area contributed by atoms with Crippen molar-refractivity contribution in [3.05, 3.63) is 52.1 Å². The first kappa shape index (κ1) is 17.4. The molecular weight excluding hydrogens is 308 g/mol. The molecule has 1 aliphatic rings. The van der Waals surface area contributed by atoms with Gasteiger partial charge in [0.25, 0.3) is 0 Å². The van der Waals surface area contributed by atoms with Crippen LogP contribution < -0.4 is 16.2 Å². The van der Waals surface area contributed by atoms with Crippen LogP contribution in [-0.4, -0.2) is 0 Å². The Morgan fingerprint density at radius 1 is 0.800 bits per heavy atom. The molecule has 0 saturated heterocycles. The van der Waals surface area contributed by atoms with E-state index in [0.717, 1.165) is 76.4 Å². The number of hydrogen-bond donors (Lipinski definition) is 2. The summed E-state index contributed by atoms with van der Waals surface area (Å²) in [6.45, 7) is 13.0. The van der Waals surface area contributed by atoms with Crippen LogP contribution in [0.25, 0.3) is 5.57 Å². The fraction of sp³-hybridized carbons (Fsp3) is 0.364. The molecule has 2 aromatic rings. The van der Waals surface area contributed by atoms with Gasteiger partial charge in [0.1, 0.15) is 11.5 Å². The second-order valence-electron chi connectivity index (χ2n) is 6.56. The largest absolute Gasteiger partial charge is 0.455 e. The topological polar surface area (TPSA) is 61.3 Å². The molecule has 2 aromatic carbocycles. The van der Waals surface area contributed by atoms with E-state index < -0.39 is 0 Å². The molecule has 132 valence electrons. The van der Waals surface area contributed by atoms with Gasteiger partial charge in [-0.1, -0.05) is 34.3 Å². The van der Waals surface area contributed by atoms with Crippen molar-refractivity contribution in [2.75, 3.05) is 11.5 Å². The molecule has 0 amide bonds. The predicted octanol–water partition coefficient (Wildman–Crippen LogP) is 5.27. The second kappa shape index (κ2) is 6.47. The monoisotopic (exact) mass is 336 g/mol. The van der Waals surface area contributed by atoms with Crippen LogP contribution in [0.4, 0.5) is 11.4 Å². The molecule has 0 aliphatic carbocycles. The fourth-order valence-electron chi connectivity index (χ4n) is 4.08. The molecule has 0 saturated carbocycles. The van der Waals surface area contributed by atoms with E-state index in [2.05, 4.69) is 34.3 Å². The summed E-state index contributed by atoms with van der Waals surface area (Å²) in [7, 11) is 0. The van der Waals surface area contributed by atoms with E-state index in [9.17, 15) is 0 Å². The zero-order chi connectivity index (χ0) is 18.3. The lowest BCUT2D eigenvalue weighted by Crippen LogP contribution is -2.14. The van der Waals surface area contributed by atoms with Gasteiger partial charge < -0.3 is 16.2 Å². The van der Waals surface area contributed by atoms with Gasteiger partial charge in [-0.25, -0.2) is 0 Å². The number of hydrogen-bond acceptors (Lipinski definition) is 3. The second-order valence-corrected chi connectivity index (χ2v) is 6.56. The first-order valence-electron chi connectivity index (χ1n) is 9.24. The zero-order valence-corrected chi connectivity index (χ0v) is 15.8. The van der Waals surface area contributed by atoms with Gasteiger partial charge in [-0.3, -0.25) is 0 Å². The van der Waals surface area contributed by atoms with Crippen LogP contribution in [0, 0.1) is 0 Å². The van der Waals surface area contributed by atoms with Crippen LogP contribution in [0.1, 0.15) is 61.1 Å². The van der Waals surface area contributed by atoms with Gasteiger partial charge in [0, 0.05) is 33.6 Å². The number of ether oxygens (including phenoxy) is 1. The maximum Gasteiger partial charge on any atom is 0.140 e. The third kappa shape index (κ3) is 2.41. The molecule has 0 aromatic heterocycles. The molecule has 3 nitrogen and oxygen atoms in total. The normalized spacial score (nSPS) is 12.6. The lowest BCUT2D eigenvalue weighted by atomic mass is 9.83. The van der Waals surface area contributed by atoms with Crippen LogP contribution in [0.15, 0.2) is 18.7 Å². The predicted molar refractivity (Wildman–Crippen MR) is 107 cm³/mol. The Bertz CT molecular complexity index is 865. The summed E-state index contributed by atoms with van der Waals surface area (Å²) in [5.74, 6) is 1.73. The minimum absolute atomic E-state index is 0.768. The number of nitrogens with two attached hydrogens (primary N) is 2. The first-order valence-corrected chi connectivity index (χ1v) is 9.24. The highest BCUT2D eigenvalue weighted by Crippen LogP contribution is 2.51. The molecule has 0 spiro atoms. The molecule has 3 heteroatoms. The Balaban J connectivity index is 2.38. The summed E-state index contributed by atoms with van der Waals surface area (Å²) in [5.41, 5.74) is 22.2. The Hall–Kier alpha value is -2.42. The Labute approximate surface area is 150 Å². The quantitative estimate of drug-likeness (QED) is 0.638. The van der Waals surface area contributed by atoms with Crippen LogP contribution in [0.3, 0.4) is 0 Å². The van der Waals surface area contributed by atoms with E-state index in [4.69, 9.17) is 16.2 Å². The van der Waals surface area contributed by atoms with Crippen molar-refractivity contribution < 1.29 is 4.74 Å². The maximum absolute atomic E-state index is 6.54. The van der Waals surface area contributed by atoms with Gasteiger partial charge in [-0.2, -0.15) is 0 Å². The van der Waals surface area contributed by atoms with E-state index in [1.165, 1.54) is 11.1 Å². The average Bonchev–Trinajstić information content (AvgIpc) is 2.60. The van der Waals surface area contributed by atoms with Gasteiger partial charge in [0.15, 0.2) is 0 Å². The molecule has 1 heterocycles. The summed E-state index contributed by atoms with van der Waals surface area (Å²) in [5, 5.41) is 0. The highest BCUT2D eigenvalue weighted by atomic mass is 16.5. The average molecular weight is 336 g/mol. The van der Waals surface area contributed by atoms with E-state index in [0.29, 0.717) is 0 Å².